The van der Waals surface area contributed by atoms with Gasteiger partial charge in [0, 0.05) is 17.1 Å². The lowest BCUT2D eigenvalue weighted by Gasteiger charge is -2.33. The smallest absolute Gasteiger partial charge is 0.416 e. The van der Waals surface area contributed by atoms with Crippen LogP contribution in [0, 0.1) is 5.82 Å². The molecule has 0 aliphatic carbocycles. The van der Waals surface area contributed by atoms with Crippen LogP contribution in [-0.4, -0.2) is 12.4 Å². The van der Waals surface area contributed by atoms with E-state index in [2.05, 4.69) is 20.9 Å². The highest BCUT2D eigenvalue weighted by atomic mass is 19.4. The van der Waals surface area contributed by atoms with Crippen molar-refractivity contribution >= 4 is 41.0 Å². The van der Waals surface area contributed by atoms with Gasteiger partial charge in [0.05, 0.1) is 23.1 Å². The number of alkyl halides is 3. The van der Waals surface area contributed by atoms with Crippen molar-refractivity contribution in [1.29, 1.82) is 0 Å². The number of furan rings is 1. The van der Waals surface area contributed by atoms with Gasteiger partial charge in [-0.1, -0.05) is 18.2 Å². The number of anilines is 4. The Hall–Kier alpha value is -4.80. The normalized spacial score (nSPS) is 14.7. The molecule has 0 saturated heterocycles. The molecule has 0 radical (unpaired) electrons. The molecule has 3 aromatic carbocycles. The second kappa shape index (κ2) is 9.69. The van der Waals surface area contributed by atoms with Crippen molar-refractivity contribution in [2.45, 2.75) is 12.3 Å². The summed E-state index contributed by atoms with van der Waals surface area (Å²) in [5.41, 5.74) is 1.14. The summed E-state index contributed by atoms with van der Waals surface area (Å²) >= 11 is 0. The molecule has 1 atom stereocenters. The van der Waals surface area contributed by atoms with Crippen molar-refractivity contribution in [2.75, 3.05) is 20.9 Å². The Morgan fingerprint density at radius 3 is 2.41 bits per heavy atom. The average Bonchev–Trinajstić information content (AvgIpc) is 3.36. The Bertz CT molecular complexity index is 1440. The highest BCUT2D eigenvalue weighted by molar-refractivity contribution is 6.00. The lowest BCUT2D eigenvalue weighted by Crippen LogP contribution is -2.34. The minimum Gasteiger partial charge on any atom is -0.446 e. The Kier molecular flexibility index (Phi) is 6.26. The van der Waals surface area contributed by atoms with Gasteiger partial charge in [-0.05, 0) is 60.7 Å². The minimum atomic E-state index is -4.67. The third-order valence-electron chi connectivity index (χ3n) is 5.59. The first-order chi connectivity index (χ1) is 17.8. The fourth-order valence-corrected chi connectivity index (χ4v) is 3.81. The lowest BCUT2D eigenvalue weighted by atomic mass is 10.1. The summed E-state index contributed by atoms with van der Waals surface area (Å²) in [7, 11) is 0. The minimum absolute atomic E-state index is 0.334. The van der Waals surface area contributed by atoms with Gasteiger partial charge in [-0.3, -0.25) is 0 Å². The van der Waals surface area contributed by atoms with Gasteiger partial charge in [0.1, 0.15) is 18.3 Å². The first-order valence-electron chi connectivity index (χ1n) is 11.0. The number of benzene rings is 3. The number of hydrogen-bond donors (Lipinski definition) is 3. The molecule has 1 aromatic heterocycles. The summed E-state index contributed by atoms with van der Waals surface area (Å²) in [4.78, 5) is 18.6. The monoisotopic (exact) mass is 509 g/mol. The summed E-state index contributed by atoms with van der Waals surface area (Å²) in [6.07, 6.45) is -1.82. The van der Waals surface area contributed by atoms with E-state index in [1.165, 1.54) is 0 Å². The number of halogens is 4. The zero-order valence-electron chi connectivity index (χ0n) is 19.0. The Morgan fingerprint density at radius 2 is 1.68 bits per heavy atom. The second-order valence-corrected chi connectivity index (χ2v) is 8.06. The van der Waals surface area contributed by atoms with Crippen LogP contribution in [0.1, 0.15) is 17.3 Å². The molecule has 11 heteroatoms. The third kappa shape index (κ3) is 5.25. The molecular weight excluding hydrogens is 490 g/mol. The van der Waals surface area contributed by atoms with Gasteiger partial charge in [0.15, 0.2) is 0 Å². The number of carbonyl (C=O) groups excluding carboxylic acids is 1. The van der Waals surface area contributed by atoms with Gasteiger partial charge >= 0.3 is 12.2 Å². The van der Waals surface area contributed by atoms with Gasteiger partial charge in [-0.15, -0.1) is 0 Å². The molecule has 5 rings (SSSR count). The number of amides is 2. The number of aliphatic imine (C=N–C) groups is 1. The van der Waals surface area contributed by atoms with Gasteiger partial charge in [-0.2, -0.15) is 13.2 Å². The number of carbonyl (C=O) groups is 1. The van der Waals surface area contributed by atoms with Crippen LogP contribution in [0.15, 0.2) is 94.5 Å². The Morgan fingerprint density at radius 1 is 0.919 bits per heavy atom. The Labute approximate surface area is 208 Å². The van der Waals surface area contributed by atoms with Crippen LogP contribution in [-0.2, 0) is 6.18 Å². The zero-order chi connectivity index (χ0) is 26.0. The lowest BCUT2D eigenvalue weighted by molar-refractivity contribution is -0.137. The molecule has 0 fully saturated rings. The highest BCUT2D eigenvalue weighted by Gasteiger charge is 2.31. The maximum atomic E-state index is 14.0. The third-order valence-corrected chi connectivity index (χ3v) is 5.59. The summed E-state index contributed by atoms with van der Waals surface area (Å²) in [6, 6.07) is 19.0. The van der Waals surface area contributed by atoms with Crippen molar-refractivity contribution in [3.05, 3.63) is 102 Å². The second-order valence-electron chi connectivity index (χ2n) is 8.06. The van der Waals surface area contributed by atoms with Crippen LogP contribution in [0.2, 0.25) is 0 Å². The molecule has 1 aliphatic rings. The zero-order valence-corrected chi connectivity index (χ0v) is 19.0. The number of para-hydroxylation sites is 1. The molecule has 0 spiro atoms. The van der Waals surface area contributed by atoms with E-state index in [4.69, 9.17) is 4.42 Å². The van der Waals surface area contributed by atoms with Crippen LogP contribution in [0.4, 0.5) is 51.0 Å². The quantitative estimate of drug-likeness (QED) is 0.245. The van der Waals surface area contributed by atoms with Crippen LogP contribution in [0.3, 0.4) is 0 Å². The average molecular weight is 509 g/mol. The first-order valence-corrected chi connectivity index (χ1v) is 11.0. The summed E-state index contributed by atoms with van der Waals surface area (Å²) in [6.45, 7) is 0. The van der Waals surface area contributed by atoms with E-state index in [-0.39, 0.29) is 6.17 Å². The van der Waals surface area contributed by atoms with Crippen LogP contribution < -0.4 is 20.9 Å². The van der Waals surface area contributed by atoms with E-state index >= 15 is 0 Å². The fraction of sp³-hybridized carbons (Fsp3) is 0.0769. The molecule has 4 aromatic rings. The molecule has 1 unspecified atom stereocenters. The fourth-order valence-electron chi connectivity index (χ4n) is 3.81. The molecule has 0 bridgehead atoms. The predicted octanol–water partition coefficient (Wildman–Crippen LogP) is 7.37. The van der Waals surface area contributed by atoms with Gasteiger partial charge in [0.25, 0.3) is 0 Å². The van der Waals surface area contributed by atoms with Crippen LogP contribution in [0.5, 0.6) is 0 Å². The topological polar surface area (TPSA) is 81.9 Å². The molecule has 1 aliphatic heterocycles. The predicted molar refractivity (Wildman–Crippen MR) is 133 cm³/mol. The van der Waals surface area contributed by atoms with Gasteiger partial charge in [-0.25, -0.2) is 14.2 Å². The van der Waals surface area contributed by atoms with E-state index in [1.54, 1.807) is 36.9 Å². The standard InChI is InChI=1S/C26H19F4N5O2/c27-21-11-6-16(26(28,29)30)14-22(21)34-25(36)33-18-7-9-19(10-8-18)35-15-31-24-20(12-13-37-24)23(35)32-17-4-2-1-3-5-17/h1-15,23,32H,(H2,33,34,36). The van der Waals surface area contributed by atoms with Crippen molar-refractivity contribution in [2.24, 2.45) is 4.99 Å². The van der Waals surface area contributed by atoms with E-state index in [1.807, 2.05) is 41.3 Å². The number of fused-ring (bicyclic) bond motifs is 1. The van der Waals surface area contributed by atoms with Crippen molar-refractivity contribution in [1.82, 2.24) is 0 Å². The van der Waals surface area contributed by atoms with E-state index in [9.17, 15) is 22.4 Å². The molecule has 3 N–H and O–H groups in total. The molecular formula is C26H19F4N5O2. The summed E-state index contributed by atoms with van der Waals surface area (Å²) in [5.74, 6) is -0.500. The van der Waals surface area contributed by atoms with Crippen LogP contribution >= 0.6 is 0 Å². The van der Waals surface area contributed by atoms with Gasteiger partial charge in [0.2, 0.25) is 5.88 Å². The van der Waals surface area contributed by atoms with Crippen molar-refractivity contribution in [3.8, 4) is 0 Å². The molecule has 0 saturated carbocycles. The maximum absolute atomic E-state index is 14.0. The number of nitrogens with one attached hydrogen (secondary N) is 3. The maximum Gasteiger partial charge on any atom is 0.416 e. The summed E-state index contributed by atoms with van der Waals surface area (Å²) in [5, 5.41) is 8.05. The number of nitrogens with zero attached hydrogens (tertiary/aromatic N) is 2. The van der Waals surface area contributed by atoms with E-state index in [0.29, 0.717) is 29.8 Å². The first kappa shape index (κ1) is 23.9. The van der Waals surface area contributed by atoms with Crippen molar-refractivity contribution < 1.29 is 26.8 Å². The molecule has 37 heavy (non-hydrogen) atoms. The molecule has 188 valence electrons. The van der Waals surface area contributed by atoms with Crippen LogP contribution in [0.25, 0.3) is 0 Å². The Balaban J connectivity index is 1.31. The molecule has 2 heterocycles. The van der Waals surface area contributed by atoms with Crippen molar-refractivity contribution in [3.63, 3.8) is 0 Å². The SMILES string of the molecule is O=C(Nc1ccc(N2C=Nc3occc3C2Nc2ccccc2)cc1)Nc1cc(C(F)(F)F)ccc1F. The molecule has 7 nitrogen and oxygen atoms in total. The summed E-state index contributed by atoms with van der Waals surface area (Å²) < 4.78 is 58.1. The number of urea groups is 1. The number of rotatable bonds is 5. The largest absolute Gasteiger partial charge is 0.446 e. The van der Waals surface area contributed by atoms with E-state index < -0.39 is 29.3 Å². The van der Waals surface area contributed by atoms with Gasteiger partial charge < -0.3 is 25.3 Å². The molecule has 2 amide bonds. The van der Waals surface area contributed by atoms with E-state index in [0.717, 1.165) is 16.9 Å². The highest BCUT2D eigenvalue weighted by Crippen LogP contribution is 2.37. The number of hydrogen-bond acceptors (Lipinski definition) is 5.